The summed E-state index contributed by atoms with van der Waals surface area (Å²) >= 11 is 0. The van der Waals surface area contributed by atoms with Crippen molar-refractivity contribution in [3.05, 3.63) is 59.7 Å². The van der Waals surface area contributed by atoms with Gasteiger partial charge in [-0.1, -0.05) is 0 Å². The van der Waals surface area contributed by atoms with Crippen LogP contribution < -0.4 is 9.47 Å². The van der Waals surface area contributed by atoms with Gasteiger partial charge >= 0.3 is 0 Å². The van der Waals surface area contributed by atoms with Crippen molar-refractivity contribution in [3.63, 3.8) is 0 Å². The Kier molecular flexibility index (Phi) is 5.60. The second-order valence-electron chi connectivity index (χ2n) is 6.65. The number of ether oxygens (including phenoxy) is 2. The molecule has 7 heteroatoms. The van der Waals surface area contributed by atoms with Crippen molar-refractivity contribution in [2.45, 2.75) is 18.4 Å². The third-order valence-corrected chi connectivity index (χ3v) is 4.56. The molecule has 0 bridgehead atoms. The van der Waals surface area contributed by atoms with Crippen molar-refractivity contribution in [1.82, 2.24) is 4.90 Å². The maximum Gasteiger partial charge on any atom is 0.254 e. The summed E-state index contributed by atoms with van der Waals surface area (Å²) in [6.45, 7) is 0.505. The van der Waals surface area contributed by atoms with E-state index in [9.17, 15) is 18.7 Å². The van der Waals surface area contributed by atoms with Gasteiger partial charge in [0.25, 0.3) is 5.91 Å². The average molecular weight is 377 g/mol. The molecule has 1 saturated heterocycles. The van der Waals surface area contributed by atoms with Gasteiger partial charge in [0, 0.05) is 12.1 Å². The molecular weight excluding hydrogens is 356 g/mol. The first-order chi connectivity index (χ1) is 12.9. The maximum absolute atomic E-state index is 13.9. The lowest BCUT2D eigenvalue weighted by Crippen LogP contribution is -2.53. The highest BCUT2D eigenvalue weighted by molar-refractivity contribution is 5.94. The Labute approximate surface area is 156 Å². The Balaban J connectivity index is 1.66. The zero-order valence-corrected chi connectivity index (χ0v) is 15.0. The Hall–Kier alpha value is -2.67. The smallest absolute Gasteiger partial charge is 0.254 e. The van der Waals surface area contributed by atoms with Crippen LogP contribution in [0.15, 0.2) is 42.5 Å². The van der Waals surface area contributed by atoms with Gasteiger partial charge in [-0.05, 0) is 55.3 Å². The van der Waals surface area contributed by atoms with Crippen LogP contribution >= 0.6 is 0 Å². The van der Waals surface area contributed by atoms with Gasteiger partial charge in [-0.15, -0.1) is 0 Å². The number of carbonyl (C=O) groups is 1. The number of hydrogen-bond donors (Lipinski definition) is 1. The molecule has 1 amide bonds. The van der Waals surface area contributed by atoms with Crippen molar-refractivity contribution >= 4 is 5.91 Å². The second kappa shape index (κ2) is 7.92. The van der Waals surface area contributed by atoms with Crippen molar-refractivity contribution in [2.75, 3.05) is 26.8 Å². The fourth-order valence-electron chi connectivity index (χ4n) is 3.13. The maximum atomic E-state index is 13.9. The molecule has 0 radical (unpaired) electrons. The van der Waals surface area contributed by atoms with Gasteiger partial charge < -0.3 is 19.5 Å². The van der Waals surface area contributed by atoms with Crippen LogP contribution in [-0.2, 0) is 0 Å². The molecule has 1 N–H and O–H groups in total. The van der Waals surface area contributed by atoms with E-state index in [0.29, 0.717) is 25.1 Å². The Morgan fingerprint density at radius 1 is 1.22 bits per heavy atom. The summed E-state index contributed by atoms with van der Waals surface area (Å²) < 4.78 is 37.2. The van der Waals surface area contributed by atoms with Crippen molar-refractivity contribution in [3.8, 4) is 11.5 Å². The van der Waals surface area contributed by atoms with E-state index in [2.05, 4.69) is 0 Å². The first kappa shape index (κ1) is 19.1. The lowest BCUT2D eigenvalue weighted by molar-refractivity contribution is -0.0532. The minimum Gasteiger partial charge on any atom is -0.494 e. The normalized spacial score (nSPS) is 19.6. The topological polar surface area (TPSA) is 59.0 Å². The fourth-order valence-corrected chi connectivity index (χ4v) is 3.13. The number of β-amino-alcohol motifs (C(OH)–C–C–N with tert-alkyl or cyclic N) is 1. The Morgan fingerprint density at radius 3 is 2.63 bits per heavy atom. The zero-order chi connectivity index (χ0) is 19.4. The van der Waals surface area contributed by atoms with E-state index in [4.69, 9.17) is 9.47 Å². The molecule has 1 atom stereocenters. The quantitative estimate of drug-likeness (QED) is 0.870. The van der Waals surface area contributed by atoms with Crippen LogP contribution in [0.1, 0.15) is 23.2 Å². The molecule has 5 nitrogen and oxygen atoms in total. The summed E-state index contributed by atoms with van der Waals surface area (Å²) in [4.78, 5) is 14.2. The van der Waals surface area contributed by atoms with E-state index in [1.807, 2.05) is 0 Å². The summed E-state index contributed by atoms with van der Waals surface area (Å²) in [6.07, 6.45) is 1.06. The molecule has 1 fully saturated rings. The molecule has 0 aromatic heterocycles. The summed E-state index contributed by atoms with van der Waals surface area (Å²) in [5.74, 6) is -0.853. The number of methoxy groups -OCH3 is 1. The highest BCUT2D eigenvalue weighted by Gasteiger charge is 2.36. The summed E-state index contributed by atoms with van der Waals surface area (Å²) in [6, 6.07) is 9.52. The van der Waals surface area contributed by atoms with Crippen LogP contribution in [0.4, 0.5) is 8.78 Å². The molecule has 1 aliphatic rings. The van der Waals surface area contributed by atoms with Crippen LogP contribution in [0, 0.1) is 11.6 Å². The van der Waals surface area contributed by atoms with E-state index in [1.54, 1.807) is 0 Å². The second-order valence-corrected chi connectivity index (χ2v) is 6.65. The molecular formula is C20H21F2NO4. The van der Waals surface area contributed by atoms with Crippen LogP contribution in [0.2, 0.25) is 0 Å². The Bertz CT molecular complexity index is 812. The fraction of sp³-hybridized carbons (Fsp3) is 0.350. The monoisotopic (exact) mass is 377 g/mol. The number of piperidine rings is 1. The van der Waals surface area contributed by atoms with Gasteiger partial charge in [0.1, 0.15) is 23.8 Å². The first-order valence-electron chi connectivity index (χ1n) is 8.64. The van der Waals surface area contributed by atoms with Crippen LogP contribution in [0.25, 0.3) is 0 Å². The molecule has 1 heterocycles. The van der Waals surface area contributed by atoms with Crippen LogP contribution in [-0.4, -0.2) is 48.3 Å². The molecule has 1 unspecified atom stereocenters. The standard InChI is InChI=1S/C20H21F2NO4/c1-26-18-8-3-14(11-17(18)22)19(24)23-10-2-9-20(25,12-23)13-27-16-6-4-15(21)5-7-16/h3-8,11,25H,2,9-10,12-13H2,1H3. The van der Waals surface area contributed by atoms with Crippen molar-refractivity contribution in [1.29, 1.82) is 0 Å². The number of aliphatic hydroxyl groups is 1. The minimum absolute atomic E-state index is 0.0284. The summed E-state index contributed by atoms with van der Waals surface area (Å²) in [7, 11) is 1.35. The zero-order valence-electron chi connectivity index (χ0n) is 15.0. The lowest BCUT2D eigenvalue weighted by atomic mass is 9.93. The third kappa shape index (κ3) is 4.54. The number of hydrogen-bond acceptors (Lipinski definition) is 4. The Morgan fingerprint density at radius 2 is 1.96 bits per heavy atom. The van der Waals surface area contributed by atoms with Gasteiger partial charge in [-0.2, -0.15) is 0 Å². The SMILES string of the molecule is COc1ccc(C(=O)N2CCCC(O)(COc3ccc(F)cc3)C2)cc1F. The number of rotatable bonds is 5. The van der Waals surface area contributed by atoms with Gasteiger partial charge in [0.15, 0.2) is 11.6 Å². The predicted octanol–water partition coefficient (Wildman–Crippen LogP) is 3.02. The molecule has 0 aliphatic carbocycles. The van der Waals surface area contributed by atoms with Crippen molar-refractivity contribution < 1.29 is 28.2 Å². The molecule has 2 aromatic rings. The minimum atomic E-state index is -1.23. The van der Waals surface area contributed by atoms with E-state index >= 15 is 0 Å². The van der Waals surface area contributed by atoms with Crippen molar-refractivity contribution in [2.24, 2.45) is 0 Å². The van der Waals surface area contributed by atoms with Gasteiger partial charge in [0.2, 0.25) is 0 Å². The summed E-state index contributed by atoms with van der Waals surface area (Å²) in [5, 5.41) is 10.8. The molecule has 2 aromatic carbocycles. The molecule has 3 rings (SSSR count). The number of nitrogens with zero attached hydrogens (tertiary/aromatic N) is 1. The molecule has 0 saturated carbocycles. The van der Waals surface area contributed by atoms with Gasteiger partial charge in [0.05, 0.1) is 13.7 Å². The molecule has 27 heavy (non-hydrogen) atoms. The number of amides is 1. The molecule has 0 spiro atoms. The first-order valence-corrected chi connectivity index (χ1v) is 8.64. The van der Waals surface area contributed by atoms with Gasteiger partial charge in [-0.25, -0.2) is 8.78 Å². The number of benzene rings is 2. The predicted molar refractivity (Wildman–Crippen MR) is 94.9 cm³/mol. The lowest BCUT2D eigenvalue weighted by Gasteiger charge is -2.39. The number of carbonyl (C=O) groups excluding carboxylic acids is 1. The highest BCUT2D eigenvalue weighted by atomic mass is 19.1. The highest BCUT2D eigenvalue weighted by Crippen LogP contribution is 2.25. The largest absolute Gasteiger partial charge is 0.494 e. The van der Waals surface area contributed by atoms with E-state index in [1.165, 1.54) is 48.4 Å². The number of likely N-dealkylation sites (tertiary alicyclic amines) is 1. The number of halogens is 2. The molecule has 144 valence electrons. The van der Waals surface area contributed by atoms with Crippen LogP contribution in [0.3, 0.4) is 0 Å². The summed E-state index contributed by atoms with van der Waals surface area (Å²) in [5.41, 5.74) is -1.04. The van der Waals surface area contributed by atoms with Crippen LogP contribution in [0.5, 0.6) is 11.5 Å². The van der Waals surface area contributed by atoms with E-state index in [-0.39, 0.29) is 36.2 Å². The average Bonchev–Trinajstić information content (AvgIpc) is 2.67. The third-order valence-electron chi connectivity index (χ3n) is 4.56. The van der Waals surface area contributed by atoms with E-state index in [0.717, 1.165) is 6.07 Å². The van der Waals surface area contributed by atoms with E-state index < -0.39 is 11.4 Å². The van der Waals surface area contributed by atoms with Gasteiger partial charge in [-0.3, -0.25) is 4.79 Å². The molecule has 1 aliphatic heterocycles.